The molecule has 0 radical (unpaired) electrons. The number of hydrogen-bond donors (Lipinski definition) is 0. The van der Waals surface area contributed by atoms with E-state index in [0.717, 1.165) is 18.4 Å². The Bertz CT molecular complexity index is 386. The summed E-state index contributed by atoms with van der Waals surface area (Å²) in [6.07, 6.45) is 4.59. The topological polar surface area (TPSA) is 40.1 Å². The molecule has 1 rings (SSSR count). The van der Waals surface area contributed by atoms with E-state index in [9.17, 15) is 9.90 Å². The van der Waals surface area contributed by atoms with E-state index in [1.54, 1.807) is 13.8 Å². The molecule has 94 valence electrons. The van der Waals surface area contributed by atoms with Gasteiger partial charge in [0.1, 0.15) is 0 Å². The van der Waals surface area contributed by atoms with E-state index < -0.39 is 11.4 Å². The first-order valence-electron chi connectivity index (χ1n) is 6.29. The molecule has 2 nitrogen and oxygen atoms in total. The van der Waals surface area contributed by atoms with E-state index in [-0.39, 0.29) is 29.6 Å². The number of hydrogen-bond acceptors (Lipinski definition) is 2. The van der Waals surface area contributed by atoms with Crippen molar-refractivity contribution in [1.82, 2.24) is 0 Å². The Kier molecular flexibility index (Phi) is 7.84. The quantitative estimate of drug-likeness (QED) is 0.506. The minimum Gasteiger partial charge on any atom is -0.549 e. The number of carbonyl (C=O) groups is 1. The number of rotatable bonds is 6. The van der Waals surface area contributed by atoms with Crippen LogP contribution in [0.2, 0.25) is 0 Å². The molecule has 0 unspecified atom stereocenters. The SMILES string of the molecule is CCCCCc1cccc(C(C)(C)C(=O)[O-])c1.[Na+]. The minimum atomic E-state index is -1.02. The van der Waals surface area contributed by atoms with E-state index in [0.29, 0.717) is 0 Å². The summed E-state index contributed by atoms with van der Waals surface area (Å²) in [4.78, 5) is 11.1. The summed E-state index contributed by atoms with van der Waals surface area (Å²) < 4.78 is 0. The number of unbranched alkanes of at least 4 members (excludes halogenated alkanes) is 2. The molecular weight excluding hydrogens is 235 g/mol. The van der Waals surface area contributed by atoms with Gasteiger partial charge in [-0.15, -0.1) is 0 Å². The predicted molar refractivity (Wildman–Crippen MR) is 67.7 cm³/mol. The van der Waals surface area contributed by atoms with Gasteiger partial charge in [-0.1, -0.05) is 57.9 Å². The zero-order chi connectivity index (χ0) is 12.9. The van der Waals surface area contributed by atoms with E-state index in [4.69, 9.17) is 0 Å². The van der Waals surface area contributed by atoms with Crippen LogP contribution in [0, 0.1) is 0 Å². The van der Waals surface area contributed by atoms with Gasteiger partial charge in [-0.05, 0) is 24.0 Å². The molecule has 0 spiro atoms. The molecule has 3 heteroatoms. The van der Waals surface area contributed by atoms with Crippen LogP contribution < -0.4 is 34.7 Å². The summed E-state index contributed by atoms with van der Waals surface area (Å²) in [7, 11) is 0. The molecule has 0 aliphatic rings. The van der Waals surface area contributed by atoms with Crippen molar-refractivity contribution in [3.63, 3.8) is 0 Å². The maximum absolute atomic E-state index is 11.1. The van der Waals surface area contributed by atoms with Gasteiger partial charge in [0.25, 0.3) is 0 Å². The second-order valence-electron chi connectivity index (χ2n) is 5.07. The van der Waals surface area contributed by atoms with Crippen LogP contribution in [0.1, 0.15) is 51.2 Å². The number of carbonyl (C=O) groups excluding carboxylic acids is 1. The first kappa shape index (κ1) is 17.7. The molecule has 0 saturated carbocycles. The van der Waals surface area contributed by atoms with Gasteiger partial charge in [0.2, 0.25) is 0 Å². The molecule has 1 aromatic carbocycles. The van der Waals surface area contributed by atoms with Gasteiger partial charge in [0, 0.05) is 5.41 Å². The van der Waals surface area contributed by atoms with Gasteiger partial charge in [0.15, 0.2) is 0 Å². The Morgan fingerprint density at radius 3 is 2.50 bits per heavy atom. The molecule has 0 fully saturated rings. The zero-order valence-corrected chi connectivity index (χ0v) is 14.0. The van der Waals surface area contributed by atoms with E-state index in [2.05, 4.69) is 13.0 Å². The van der Waals surface area contributed by atoms with Crippen molar-refractivity contribution < 1.29 is 39.5 Å². The number of carboxylic acid groups (broad SMARTS) is 1. The molecule has 0 heterocycles. The Labute approximate surface area is 132 Å². The van der Waals surface area contributed by atoms with Crippen LogP contribution in [0.25, 0.3) is 0 Å². The molecule has 0 aromatic heterocycles. The minimum absolute atomic E-state index is 0. The molecule has 0 aliphatic carbocycles. The first-order chi connectivity index (χ1) is 7.98. The van der Waals surface area contributed by atoms with Crippen LogP contribution in [0.3, 0.4) is 0 Å². The van der Waals surface area contributed by atoms with Crippen LogP contribution in [-0.2, 0) is 16.6 Å². The summed E-state index contributed by atoms with van der Waals surface area (Å²) in [5, 5.41) is 11.1. The maximum atomic E-state index is 11.1. The number of carboxylic acids is 1. The summed E-state index contributed by atoms with van der Waals surface area (Å²) in [6.45, 7) is 5.55. The van der Waals surface area contributed by atoms with Gasteiger partial charge in [-0.2, -0.15) is 0 Å². The molecule has 0 aliphatic heterocycles. The molecule has 1 aromatic rings. The van der Waals surface area contributed by atoms with Gasteiger partial charge in [0.05, 0.1) is 5.97 Å². The third-order valence-electron chi connectivity index (χ3n) is 3.23. The molecule has 0 N–H and O–H groups in total. The molecular formula is C15H21NaO2. The zero-order valence-electron chi connectivity index (χ0n) is 12.0. The average molecular weight is 256 g/mol. The normalized spacial score (nSPS) is 10.8. The second kappa shape index (κ2) is 7.98. The molecule has 0 saturated heterocycles. The van der Waals surface area contributed by atoms with Gasteiger partial charge in [-0.25, -0.2) is 0 Å². The van der Waals surface area contributed by atoms with Crippen molar-refractivity contribution in [2.45, 2.75) is 51.9 Å². The van der Waals surface area contributed by atoms with Gasteiger partial charge < -0.3 is 9.90 Å². The number of benzene rings is 1. The van der Waals surface area contributed by atoms with Crippen molar-refractivity contribution in [2.75, 3.05) is 0 Å². The Balaban J connectivity index is 0.00000289. The second-order valence-corrected chi connectivity index (χ2v) is 5.07. The van der Waals surface area contributed by atoms with Crippen LogP contribution in [0.5, 0.6) is 0 Å². The third-order valence-corrected chi connectivity index (χ3v) is 3.23. The van der Waals surface area contributed by atoms with E-state index >= 15 is 0 Å². The Hall–Kier alpha value is -0.310. The Morgan fingerprint density at radius 2 is 1.94 bits per heavy atom. The first-order valence-corrected chi connectivity index (χ1v) is 6.29. The van der Waals surface area contributed by atoms with Crippen molar-refractivity contribution in [3.8, 4) is 0 Å². The molecule has 18 heavy (non-hydrogen) atoms. The molecule has 0 atom stereocenters. The standard InChI is InChI=1S/C15H22O2.Na/c1-4-5-6-8-12-9-7-10-13(11-12)15(2,3)14(16)17;/h7,9-11H,4-6,8H2,1-3H3,(H,16,17);/q;+1/p-1. The molecule has 0 amide bonds. The van der Waals surface area contributed by atoms with Crippen molar-refractivity contribution in [1.29, 1.82) is 0 Å². The average Bonchev–Trinajstić information content (AvgIpc) is 2.29. The van der Waals surface area contributed by atoms with Gasteiger partial charge >= 0.3 is 29.6 Å². The molecule has 0 bridgehead atoms. The van der Waals surface area contributed by atoms with Crippen LogP contribution >= 0.6 is 0 Å². The summed E-state index contributed by atoms with van der Waals surface area (Å²) in [6, 6.07) is 7.84. The Morgan fingerprint density at radius 1 is 1.28 bits per heavy atom. The summed E-state index contributed by atoms with van der Waals surface area (Å²) >= 11 is 0. The smallest absolute Gasteiger partial charge is 0.549 e. The van der Waals surface area contributed by atoms with E-state index in [1.165, 1.54) is 18.4 Å². The van der Waals surface area contributed by atoms with Crippen molar-refractivity contribution in [2.24, 2.45) is 0 Å². The monoisotopic (exact) mass is 256 g/mol. The fraction of sp³-hybridized carbons (Fsp3) is 0.533. The van der Waals surface area contributed by atoms with Crippen LogP contribution in [0.4, 0.5) is 0 Å². The maximum Gasteiger partial charge on any atom is 1.00 e. The van der Waals surface area contributed by atoms with Crippen molar-refractivity contribution in [3.05, 3.63) is 35.4 Å². The largest absolute Gasteiger partial charge is 1.00 e. The summed E-state index contributed by atoms with van der Waals surface area (Å²) in [5.74, 6) is -1.02. The van der Waals surface area contributed by atoms with Crippen LogP contribution in [-0.4, -0.2) is 5.97 Å². The number of aryl methyl sites for hydroxylation is 1. The predicted octanol–water partition coefficient (Wildman–Crippen LogP) is -0.549. The van der Waals surface area contributed by atoms with Crippen LogP contribution in [0.15, 0.2) is 24.3 Å². The fourth-order valence-electron chi connectivity index (χ4n) is 1.81. The fourth-order valence-corrected chi connectivity index (χ4v) is 1.81. The van der Waals surface area contributed by atoms with Gasteiger partial charge in [-0.3, -0.25) is 0 Å². The van der Waals surface area contributed by atoms with E-state index in [1.807, 2.05) is 18.2 Å². The third kappa shape index (κ3) is 4.75. The summed E-state index contributed by atoms with van der Waals surface area (Å²) in [5.41, 5.74) is 1.12. The number of aliphatic carboxylic acids is 1. The van der Waals surface area contributed by atoms with Crippen molar-refractivity contribution >= 4 is 5.97 Å².